The number of nitrogens with zero attached hydrogens (tertiary/aromatic N) is 5. The number of hydrogen-bond acceptors (Lipinski definition) is 7. The van der Waals surface area contributed by atoms with E-state index in [1.54, 1.807) is 36.4 Å². The van der Waals surface area contributed by atoms with Gasteiger partial charge in [-0.05, 0) is 52.4 Å². The first-order valence-corrected chi connectivity index (χ1v) is 10.3. The van der Waals surface area contributed by atoms with Crippen LogP contribution in [0.5, 0.6) is 0 Å². The van der Waals surface area contributed by atoms with E-state index in [4.69, 9.17) is 11.6 Å². The number of nitro benzene ring substituents is 1. The van der Waals surface area contributed by atoms with Crippen LogP contribution >= 0.6 is 23.4 Å². The number of rotatable bonds is 7. The molecule has 0 N–H and O–H groups in total. The predicted octanol–water partition coefficient (Wildman–Crippen LogP) is 4.94. The zero-order chi connectivity index (χ0) is 21.8. The average molecular weight is 452 g/mol. The van der Waals surface area contributed by atoms with Crippen LogP contribution in [0.1, 0.15) is 21.2 Å². The van der Waals surface area contributed by atoms with E-state index in [-0.39, 0.29) is 11.5 Å². The highest BCUT2D eigenvalue weighted by molar-refractivity contribution is 8.00. The molecule has 154 valence electrons. The Morgan fingerprint density at radius 2 is 1.68 bits per heavy atom. The summed E-state index contributed by atoms with van der Waals surface area (Å²) in [6.45, 7) is 0. The normalized spacial score (nSPS) is 11.8. The van der Waals surface area contributed by atoms with Crippen LogP contribution in [-0.2, 0) is 0 Å². The minimum Gasteiger partial charge on any atom is -0.293 e. The van der Waals surface area contributed by atoms with Crippen LogP contribution in [0.2, 0.25) is 5.02 Å². The van der Waals surface area contributed by atoms with Gasteiger partial charge in [0.1, 0.15) is 5.25 Å². The van der Waals surface area contributed by atoms with Crippen molar-refractivity contribution in [2.45, 2.75) is 10.4 Å². The van der Waals surface area contributed by atoms with Crippen molar-refractivity contribution in [2.24, 2.45) is 0 Å². The molecule has 0 amide bonds. The molecule has 0 aliphatic rings. The number of para-hydroxylation sites is 1. The molecule has 0 aliphatic carbocycles. The molecule has 0 aliphatic heterocycles. The lowest BCUT2D eigenvalue weighted by molar-refractivity contribution is -0.384. The fraction of sp³-hybridized carbons (Fsp3) is 0.0476. The number of benzene rings is 3. The van der Waals surface area contributed by atoms with Crippen molar-refractivity contribution >= 4 is 34.8 Å². The van der Waals surface area contributed by atoms with Gasteiger partial charge in [-0.25, -0.2) is 0 Å². The second-order valence-corrected chi connectivity index (χ2v) is 7.94. The molecule has 0 fully saturated rings. The molecule has 8 nitrogen and oxygen atoms in total. The fourth-order valence-corrected chi connectivity index (χ4v) is 4.10. The highest BCUT2D eigenvalue weighted by Gasteiger charge is 2.27. The van der Waals surface area contributed by atoms with Gasteiger partial charge in [-0.15, -0.1) is 5.10 Å². The number of Topliss-reactive ketones (excluding diaryl/α,β-unsaturated/α-hetero) is 1. The summed E-state index contributed by atoms with van der Waals surface area (Å²) in [6.07, 6.45) is 0. The highest BCUT2D eigenvalue weighted by Crippen LogP contribution is 2.38. The summed E-state index contributed by atoms with van der Waals surface area (Å²) in [7, 11) is 0. The van der Waals surface area contributed by atoms with E-state index in [0.717, 1.165) is 5.69 Å². The maximum atomic E-state index is 13.4. The number of carbonyl (C=O) groups excluding carboxylic acids is 1. The number of non-ortho nitro benzene ring substituents is 1. The standard InChI is InChI=1S/C21H14ClN5O3S/c22-16-10-6-14(7-11-16)19(28)20(15-8-12-18(13-9-15)27(29)30)31-21-23-24-25-26(21)17-4-2-1-3-5-17/h1-13,20H/t20-/m0/s1. The molecule has 1 aromatic heterocycles. The lowest BCUT2D eigenvalue weighted by Gasteiger charge is -2.16. The molecule has 4 rings (SSSR count). The second kappa shape index (κ2) is 9.07. The van der Waals surface area contributed by atoms with Gasteiger partial charge >= 0.3 is 0 Å². The largest absolute Gasteiger partial charge is 0.293 e. The summed E-state index contributed by atoms with van der Waals surface area (Å²) in [4.78, 5) is 23.9. The first-order chi connectivity index (χ1) is 15.0. The van der Waals surface area contributed by atoms with Crippen molar-refractivity contribution in [3.8, 4) is 5.69 Å². The Bertz CT molecular complexity index is 1210. The van der Waals surface area contributed by atoms with Crippen molar-refractivity contribution < 1.29 is 9.72 Å². The van der Waals surface area contributed by atoms with E-state index in [2.05, 4.69) is 15.5 Å². The summed E-state index contributed by atoms with van der Waals surface area (Å²) in [5.74, 6) is -0.196. The molecule has 0 unspecified atom stereocenters. The Morgan fingerprint density at radius 3 is 2.32 bits per heavy atom. The van der Waals surface area contributed by atoms with E-state index < -0.39 is 10.2 Å². The molecule has 1 heterocycles. The molecular weight excluding hydrogens is 438 g/mol. The zero-order valence-electron chi connectivity index (χ0n) is 15.8. The van der Waals surface area contributed by atoms with E-state index in [1.807, 2.05) is 30.3 Å². The van der Waals surface area contributed by atoms with Crippen molar-refractivity contribution in [2.75, 3.05) is 0 Å². The smallest absolute Gasteiger partial charge is 0.269 e. The first-order valence-electron chi connectivity index (χ1n) is 9.07. The quantitative estimate of drug-likeness (QED) is 0.169. The Labute approximate surface area is 186 Å². The SMILES string of the molecule is O=C(c1ccc(Cl)cc1)[C@@H](Sc1nnnn1-c1ccccc1)c1ccc([N+](=O)[O-])cc1. The zero-order valence-corrected chi connectivity index (χ0v) is 17.4. The van der Waals surface area contributed by atoms with Gasteiger partial charge in [0.2, 0.25) is 5.16 Å². The third-order valence-corrected chi connectivity index (χ3v) is 5.88. The number of carbonyl (C=O) groups is 1. The van der Waals surface area contributed by atoms with E-state index >= 15 is 0 Å². The molecule has 0 saturated carbocycles. The molecule has 1 atom stereocenters. The molecule has 10 heteroatoms. The summed E-state index contributed by atoms with van der Waals surface area (Å²) >= 11 is 7.12. The molecular formula is C21H14ClN5O3S. The number of ketones is 1. The average Bonchev–Trinajstić information content (AvgIpc) is 3.26. The van der Waals surface area contributed by atoms with Crippen LogP contribution in [0.4, 0.5) is 5.69 Å². The molecule has 31 heavy (non-hydrogen) atoms. The van der Waals surface area contributed by atoms with E-state index in [1.165, 1.54) is 28.6 Å². The summed E-state index contributed by atoms with van der Waals surface area (Å²) in [6, 6.07) is 21.7. The van der Waals surface area contributed by atoms with Gasteiger partial charge in [0, 0.05) is 22.7 Å². The number of nitro groups is 1. The minimum atomic E-state index is -0.726. The second-order valence-electron chi connectivity index (χ2n) is 6.43. The summed E-state index contributed by atoms with van der Waals surface area (Å²) < 4.78 is 1.54. The van der Waals surface area contributed by atoms with Crippen molar-refractivity contribution in [3.63, 3.8) is 0 Å². The van der Waals surface area contributed by atoms with Gasteiger partial charge in [0.05, 0.1) is 10.6 Å². The van der Waals surface area contributed by atoms with Crippen LogP contribution in [-0.4, -0.2) is 30.9 Å². The third-order valence-electron chi connectivity index (χ3n) is 4.44. The lowest BCUT2D eigenvalue weighted by Crippen LogP contribution is -2.11. The van der Waals surface area contributed by atoms with Gasteiger partial charge in [-0.2, -0.15) is 4.68 Å². The maximum Gasteiger partial charge on any atom is 0.269 e. The monoisotopic (exact) mass is 451 g/mol. The molecule has 0 radical (unpaired) electrons. The first kappa shape index (κ1) is 20.7. The molecule has 0 bridgehead atoms. The fourth-order valence-electron chi connectivity index (χ4n) is 2.90. The molecule has 4 aromatic rings. The van der Waals surface area contributed by atoms with Gasteiger partial charge < -0.3 is 0 Å². The number of aromatic nitrogens is 4. The lowest BCUT2D eigenvalue weighted by atomic mass is 10.0. The summed E-state index contributed by atoms with van der Waals surface area (Å²) in [5.41, 5.74) is 1.74. The van der Waals surface area contributed by atoms with Crippen molar-refractivity contribution in [3.05, 3.63) is 105 Å². The number of hydrogen-bond donors (Lipinski definition) is 0. The van der Waals surface area contributed by atoms with Crippen LogP contribution in [0, 0.1) is 10.1 Å². The van der Waals surface area contributed by atoms with Gasteiger partial charge in [0.25, 0.3) is 5.69 Å². The maximum absolute atomic E-state index is 13.4. The Balaban J connectivity index is 1.73. The molecule has 0 spiro atoms. The van der Waals surface area contributed by atoms with Crippen LogP contribution in [0.15, 0.2) is 84.0 Å². The molecule has 0 saturated heterocycles. The number of thioether (sulfide) groups is 1. The van der Waals surface area contributed by atoms with Gasteiger partial charge in [-0.1, -0.05) is 53.7 Å². The minimum absolute atomic E-state index is 0.0550. The van der Waals surface area contributed by atoms with Crippen molar-refractivity contribution in [1.82, 2.24) is 20.2 Å². The Kier molecular flexibility index (Phi) is 6.06. The topological polar surface area (TPSA) is 104 Å². The Morgan fingerprint density at radius 1 is 1.00 bits per heavy atom. The van der Waals surface area contributed by atoms with E-state index in [0.29, 0.717) is 21.3 Å². The van der Waals surface area contributed by atoms with Crippen molar-refractivity contribution in [1.29, 1.82) is 0 Å². The van der Waals surface area contributed by atoms with Crippen LogP contribution in [0.3, 0.4) is 0 Å². The van der Waals surface area contributed by atoms with Crippen LogP contribution in [0.25, 0.3) is 5.69 Å². The van der Waals surface area contributed by atoms with Gasteiger partial charge in [0.15, 0.2) is 5.78 Å². The third kappa shape index (κ3) is 4.62. The summed E-state index contributed by atoms with van der Waals surface area (Å²) in [5, 5.41) is 23.1. The predicted molar refractivity (Wildman–Crippen MR) is 117 cm³/mol. The van der Waals surface area contributed by atoms with E-state index in [9.17, 15) is 14.9 Å². The number of tetrazole rings is 1. The number of halogens is 1. The van der Waals surface area contributed by atoms with Crippen LogP contribution < -0.4 is 0 Å². The van der Waals surface area contributed by atoms with Gasteiger partial charge in [-0.3, -0.25) is 14.9 Å². The Hall–Kier alpha value is -3.56. The molecule has 3 aromatic carbocycles. The highest BCUT2D eigenvalue weighted by atomic mass is 35.5.